The van der Waals surface area contributed by atoms with Crippen LogP contribution in [0.1, 0.15) is 11.4 Å². The van der Waals surface area contributed by atoms with E-state index in [2.05, 4.69) is 15.5 Å². The van der Waals surface area contributed by atoms with Gasteiger partial charge < -0.3 is 5.73 Å². The van der Waals surface area contributed by atoms with Crippen molar-refractivity contribution < 1.29 is 0 Å². The van der Waals surface area contributed by atoms with Crippen molar-refractivity contribution in [3.05, 3.63) is 35.7 Å². The number of rotatable bonds is 2. The molecule has 0 fully saturated rings. The summed E-state index contributed by atoms with van der Waals surface area (Å²) in [6.45, 7) is 2.36. The van der Waals surface area contributed by atoms with Gasteiger partial charge in [0.15, 0.2) is 5.82 Å². The second kappa shape index (κ2) is 3.55. The van der Waals surface area contributed by atoms with Crippen molar-refractivity contribution in [1.29, 1.82) is 0 Å². The summed E-state index contributed by atoms with van der Waals surface area (Å²) in [7, 11) is 0. The summed E-state index contributed by atoms with van der Waals surface area (Å²) in [5, 5.41) is 11.3. The lowest BCUT2D eigenvalue weighted by atomic mass is 10.2. The summed E-state index contributed by atoms with van der Waals surface area (Å²) >= 11 is 0. The van der Waals surface area contributed by atoms with Gasteiger partial charge in [0.2, 0.25) is 0 Å². The van der Waals surface area contributed by atoms with Crippen molar-refractivity contribution >= 4 is 0 Å². The number of hydrogen-bond donors (Lipinski definition) is 1. The maximum Gasteiger partial charge on any atom is 0.170 e. The maximum absolute atomic E-state index is 5.51. The van der Waals surface area contributed by atoms with E-state index in [-0.39, 0.29) is 0 Å². The van der Waals surface area contributed by atoms with Gasteiger partial charge >= 0.3 is 0 Å². The Morgan fingerprint density at radius 1 is 1.43 bits per heavy atom. The summed E-state index contributed by atoms with van der Waals surface area (Å²) < 4.78 is 1.65. The molecule has 2 aromatic rings. The molecule has 14 heavy (non-hydrogen) atoms. The van der Waals surface area contributed by atoms with E-state index in [9.17, 15) is 0 Å². The summed E-state index contributed by atoms with van der Waals surface area (Å²) in [5.41, 5.74) is 7.61. The van der Waals surface area contributed by atoms with Crippen LogP contribution in [0.4, 0.5) is 0 Å². The van der Waals surface area contributed by atoms with Gasteiger partial charge in [-0.2, -0.15) is 4.68 Å². The number of nitrogens with two attached hydrogens (primary N) is 1. The lowest BCUT2D eigenvalue weighted by Crippen LogP contribution is -2.07. The smallest absolute Gasteiger partial charge is 0.170 e. The topological polar surface area (TPSA) is 69.6 Å². The average molecular weight is 189 g/mol. The first-order chi connectivity index (χ1) is 6.81. The fourth-order valence-corrected chi connectivity index (χ4v) is 1.29. The standard InChI is InChI=1S/C9H11N5/c1-7-3-2-4-8(5-7)14-9(6-10)11-12-13-14/h2-5H,6,10H2,1H3. The van der Waals surface area contributed by atoms with Crippen LogP contribution in [0.25, 0.3) is 5.69 Å². The van der Waals surface area contributed by atoms with Gasteiger partial charge in [0, 0.05) is 0 Å². The van der Waals surface area contributed by atoms with Crippen LogP contribution in [0.15, 0.2) is 24.3 Å². The van der Waals surface area contributed by atoms with Crippen LogP contribution >= 0.6 is 0 Å². The third kappa shape index (κ3) is 1.49. The molecular formula is C9H11N5. The number of aromatic nitrogens is 4. The predicted octanol–water partition coefficient (Wildman–Crippen LogP) is 0.429. The lowest BCUT2D eigenvalue weighted by molar-refractivity contribution is 0.761. The van der Waals surface area contributed by atoms with Gasteiger partial charge in [-0.1, -0.05) is 12.1 Å². The van der Waals surface area contributed by atoms with Crippen molar-refractivity contribution in [2.75, 3.05) is 0 Å². The van der Waals surface area contributed by atoms with Crippen LogP contribution in [-0.4, -0.2) is 20.2 Å². The summed E-state index contributed by atoms with van der Waals surface area (Å²) in [5.74, 6) is 0.663. The monoisotopic (exact) mass is 189 g/mol. The molecule has 0 bridgehead atoms. The lowest BCUT2D eigenvalue weighted by Gasteiger charge is -2.02. The van der Waals surface area contributed by atoms with Crippen molar-refractivity contribution in [3.63, 3.8) is 0 Å². The van der Waals surface area contributed by atoms with Crippen LogP contribution in [0, 0.1) is 6.92 Å². The number of nitrogens with zero attached hydrogens (tertiary/aromatic N) is 4. The maximum atomic E-state index is 5.51. The SMILES string of the molecule is Cc1cccc(-n2nnnc2CN)c1. The second-order valence-electron chi connectivity index (χ2n) is 3.05. The summed E-state index contributed by atoms with van der Waals surface area (Å²) in [4.78, 5) is 0. The van der Waals surface area contributed by atoms with Crippen LogP contribution in [0.5, 0.6) is 0 Å². The highest BCUT2D eigenvalue weighted by molar-refractivity contribution is 5.34. The van der Waals surface area contributed by atoms with Gasteiger partial charge in [-0.25, -0.2) is 0 Å². The van der Waals surface area contributed by atoms with E-state index in [0.29, 0.717) is 12.4 Å². The first-order valence-corrected chi connectivity index (χ1v) is 4.35. The Morgan fingerprint density at radius 3 is 3.00 bits per heavy atom. The van der Waals surface area contributed by atoms with Crippen LogP contribution in [-0.2, 0) is 6.54 Å². The van der Waals surface area contributed by atoms with Gasteiger partial charge in [0.25, 0.3) is 0 Å². The van der Waals surface area contributed by atoms with Crippen molar-refractivity contribution in [2.24, 2.45) is 5.73 Å². The van der Waals surface area contributed by atoms with E-state index in [1.807, 2.05) is 31.2 Å². The Morgan fingerprint density at radius 2 is 2.29 bits per heavy atom. The first kappa shape index (κ1) is 8.83. The molecular weight excluding hydrogens is 178 g/mol. The molecule has 0 saturated heterocycles. The largest absolute Gasteiger partial charge is 0.324 e. The molecule has 0 atom stereocenters. The molecule has 1 aromatic carbocycles. The highest BCUT2D eigenvalue weighted by Crippen LogP contribution is 2.09. The minimum absolute atomic E-state index is 0.334. The molecule has 72 valence electrons. The summed E-state index contributed by atoms with van der Waals surface area (Å²) in [6.07, 6.45) is 0. The Balaban J connectivity index is 2.49. The molecule has 0 aliphatic rings. The zero-order valence-electron chi connectivity index (χ0n) is 7.88. The Hall–Kier alpha value is -1.75. The molecule has 0 unspecified atom stereocenters. The fourth-order valence-electron chi connectivity index (χ4n) is 1.29. The summed E-state index contributed by atoms with van der Waals surface area (Å²) in [6, 6.07) is 7.95. The average Bonchev–Trinajstić information content (AvgIpc) is 2.65. The van der Waals surface area contributed by atoms with Gasteiger partial charge in [-0.05, 0) is 35.0 Å². The molecule has 1 heterocycles. The minimum Gasteiger partial charge on any atom is -0.324 e. The number of hydrogen-bond acceptors (Lipinski definition) is 4. The molecule has 5 heteroatoms. The molecule has 2 rings (SSSR count). The number of tetrazole rings is 1. The van der Waals surface area contributed by atoms with E-state index in [4.69, 9.17) is 5.73 Å². The molecule has 0 saturated carbocycles. The van der Waals surface area contributed by atoms with E-state index in [1.54, 1.807) is 4.68 Å². The molecule has 0 aliphatic heterocycles. The van der Waals surface area contributed by atoms with Gasteiger partial charge in [0.1, 0.15) is 0 Å². The molecule has 5 nitrogen and oxygen atoms in total. The molecule has 0 amide bonds. The number of aryl methyl sites for hydroxylation is 1. The Kier molecular flexibility index (Phi) is 2.24. The molecule has 2 N–H and O–H groups in total. The second-order valence-corrected chi connectivity index (χ2v) is 3.05. The van der Waals surface area contributed by atoms with Crippen LogP contribution < -0.4 is 5.73 Å². The van der Waals surface area contributed by atoms with Crippen molar-refractivity contribution in [2.45, 2.75) is 13.5 Å². The normalized spacial score (nSPS) is 10.4. The zero-order chi connectivity index (χ0) is 9.97. The third-order valence-electron chi connectivity index (χ3n) is 1.96. The van der Waals surface area contributed by atoms with E-state index in [1.165, 1.54) is 5.56 Å². The van der Waals surface area contributed by atoms with E-state index < -0.39 is 0 Å². The van der Waals surface area contributed by atoms with Gasteiger partial charge in [-0.3, -0.25) is 0 Å². The molecule has 0 spiro atoms. The highest BCUT2D eigenvalue weighted by Gasteiger charge is 2.05. The fraction of sp³-hybridized carbons (Fsp3) is 0.222. The predicted molar refractivity (Wildman–Crippen MR) is 51.8 cm³/mol. The quantitative estimate of drug-likeness (QED) is 0.743. The Labute approximate surface area is 81.5 Å². The zero-order valence-corrected chi connectivity index (χ0v) is 7.88. The molecule has 1 aromatic heterocycles. The van der Waals surface area contributed by atoms with Gasteiger partial charge in [0.05, 0.1) is 12.2 Å². The Bertz CT molecular complexity index is 434. The number of benzene rings is 1. The van der Waals surface area contributed by atoms with Crippen molar-refractivity contribution in [1.82, 2.24) is 20.2 Å². The van der Waals surface area contributed by atoms with E-state index in [0.717, 1.165) is 5.69 Å². The third-order valence-corrected chi connectivity index (χ3v) is 1.96. The highest BCUT2D eigenvalue weighted by atomic mass is 15.5. The van der Waals surface area contributed by atoms with Crippen LogP contribution in [0.2, 0.25) is 0 Å². The van der Waals surface area contributed by atoms with E-state index >= 15 is 0 Å². The van der Waals surface area contributed by atoms with Crippen LogP contribution in [0.3, 0.4) is 0 Å². The van der Waals surface area contributed by atoms with Crippen molar-refractivity contribution in [3.8, 4) is 5.69 Å². The minimum atomic E-state index is 0.334. The molecule has 0 radical (unpaired) electrons. The first-order valence-electron chi connectivity index (χ1n) is 4.35. The molecule has 0 aliphatic carbocycles. The van der Waals surface area contributed by atoms with Gasteiger partial charge in [-0.15, -0.1) is 5.10 Å².